The van der Waals surface area contributed by atoms with Crippen molar-refractivity contribution in [3.05, 3.63) is 71.6 Å². The lowest BCUT2D eigenvalue weighted by molar-refractivity contribution is -0.122. The third-order valence-corrected chi connectivity index (χ3v) is 4.99. The third-order valence-electron chi connectivity index (χ3n) is 4.99. The maximum absolute atomic E-state index is 12.4. The molecule has 0 saturated heterocycles. The highest BCUT2D eigenvalue weighted by Gasteiger charge is 2.21. The van der Waals surface area contributed by atoms with Crippen molar-refractivity contribution < 1.29 is 9.21 Å². The first kappa shape index (κ1) is 17.5. The minimum absolute atomic E-state index is 0.0829. The molecule has 5 nitrogen and oxygen atoms in total. The van der Waals surface area contributed by atoms with Gasteiger partial charge < -0.3 is 9.73 Å². The first-order valence-corrected chi connectivity index (χ1v) is 9.54. The molecule has 5 heteroatoms. The Hall–Kier alpha value is -2.95. The molecule has 4 rings (SSSR count). The summed E-state index contributed by atoms with van der Waals surface area (Å²) < 4.78 is 5.69. The predicted octanol–water partition coefficient (Wildman–Crippen LogP) is 4.25. The van der Waals surface area contributed by atoms with Gasteiger partial charge in [-0.25, -0.2) is 0 Å². The lowest BCUT2D eigenvalue weighted by Crippen LogP contribution is -2.30. The fourth-order valence-corrected chi connectivity index (χ4v) is 3.62. The van der Waals surface area contributed by atoms with Gasteiger partial charge >= 0.3 is 0 Å². The first-order valence-electron chi connectivity index (χ1n) is 9.54. The molecule has 0 radical (unpaired) electrons. The van der Waals surface area contributed by atoms with Crippen molar-refractivity contribution in [2.45, 2.75) is 44.6 Å². The molecule has 138 valence electrons. The van der Waals surface area contributed by atoms with Crippen LogP contribution >= 0.6 is 0 Å². The number of carbonyl (C=O) groups is 1. The molecule has 1 atom stereocenters. The summed E-state index contributed by atoms with van der Waals surface area (Å²) in [6.07, 6.45) is 4.98. The van der Waals surface area contributed by atoms with E-state index in [0.717, 1.165) is 24.8 Å². The maximum atomic E-state index is 12.4. The summed E-state index contributed by atoms with van der Waals surface area (Å²) in [7, 11) is 0. The van der Waals surface area contributed by atoms with E-state index in [1.807, 2.05) is 36.4 Å². The van der Waals surface area contributed by atoms with Crippen molar-refractivity contribution in [1.82, 2.24) is 15.5 Å². The second-order valence-corrected chi connectivity index (χ2v) is 6.93. The zero-order valence-corrected chi connectivity index (χ0v) is 15.2. The highest BCUT2D eigenvalue weighted by molar-refractivity contribution is 5.76. The van der Waals surface area contributed by atoms with Gasteiger partial charge in [0.05, 0.1) is 6.04 Å². The molecule has 0 unspecified atom stereocenters. The lowest BCUT2D eigenvalue weighted by Gasteiger charge is -2.26. The standard InChI is InChI=1S/C22H23N3O2/c26-20(23-19-13-6-11-16-8-4-5-12-18(16)19)14-7-15-21-24-25-22(27-21)17-9-2-1-3-10-17/h1-5,8-10,12,19H,6-7,11,13-15H2,(H,23,26)/t19-/m0/s1. The number of fused-ring (bicyclic) bond motifs is 1. The number of nitrogens with one attached hydrogen (secondary N) is 1. The number of benzene rings is 2. The number of hydrogen-bond acceptors (Lipinski definition) is 4. The van der Waals surface area contributed by atoms with Gasteiger partial charge in [-0.05, 0) is 48.9 Å². The van der Waals surface area contributed by atoms with Gasteiger partial charge in [0.1, 0.15) is 0 Å². The number of nitrogens with zero attached hydrogens (tertiary/aromatic N) is 2. The van der Waals surface area contributed by atoms with Gasteiger partial charge in [0.25, 0.3) is 0 Å². The molecular formula is C22H23N3O2. The summed E-state index contributed by atoms with van der Waals surface area (Å²) in [5, 5.41) is 11.4. The van der Waals surface area contributed by atoms with Crippen molar-refractivity contribution in [2.24, 2.45) is 0 Å². The smallest absolute Gasteiger partial charge is 0.247 e. The largest absolute Gasteiger partial charge is 0.421 e. The van der Waals surface area contributed by atoms with Gasteiger partial charge in [0, 0.05) is 18.4 Å². The average molecular weight is 361 g/mol. The van der Waals surface area contributed by atoms with Crippen LogP contribution in [-0.4, -0.2) is 16.1 Å². The van der Waals surface area contributed by atoms with Crippen molar-refractivity contribution in [3.8, 4) is 11.5 Å². The molecule has 0 saturated carbocycles. The number of aromatic nitrogens is 2. The number of amides is 1. The normalized spacial score (nSPS) is 15.9. The summed E-state index contributed by atoms with van der Waals surface area (Å²) in [6, 6.07) is 18.2. The zero-order valence-electron chi connectivity index (χ0n) is 15.2. The molecule has 0 fully saturated rings. The monoisotopic (exact) mass is 361 g/mol. The Kier molecular flexibility index (Phi) is 5.28. The summed E-state index contributed by atoms with van der Waals surface area (Å²) >= 11 is 0. The number of hydrogen-bond donors (Lipinski definition) is 1. The van der Waals surface area contributed by atoms with Crippen LogP contribution in [0.3, 0.4) is 0 Å². The van der Waals surface area contributed by atoms with E-state index in [-0.39, 0.29) is 11.9 Å². The number of rotatable bonds is 6. The van der Waals surface area contributed by atoms with Gasteiger partial charge in [-0.1, -0.05) is 42.5 Å². The van der Waals surface area contributed by atoms with Crippen LogP contribution in [0.25, 0.3) is 11.5 Å². The Bertz CT molecular complexity index is 905. The van der Waals surface area contributed by atoms with Crippen LogP contribution in [0, 0.1) is 0 Å². The Morgan fingerprint density at radius 2 is 1.89 bits per heavy atom. The number of aryl methyl sites for hydroxylation is 2. The fourth-order valence-electron chi connectivity index (χ4n) is 3.62. The van der Waals surface area contributed by atoms with E-state index >= 15 is 0 Å². The molecular weight excluding hydrogens is 338 g/mol. The van der Waals surface area contributed by atoms with E-state index in [9.17, 15) is 4.79 Å². The van der Waals surface area contributed by atoms with Crippen LogP contribution in [0.1, 0.15) is 48.7 Å². The topological polar surface area (TPSA) is 68.0 Å². The summed E-state index contributed by atoms with van der Waals surface area (Å²) in [5.74, 6) is 1.18. The average Bonchev–Trinajstić information content (AvgIpc) is 3.18. The molecule has 1 aliphatic rings. The quantitative estimate of drug-likeness (QED) is 0.712. The van der Waals surface area contributed by atoms with Crippen LogP contribution in [0.2, 0.25) is 0 Å². The molecule has 2 aromatic carbocycles. The van der Waals surface area contributed by atoms with Crippen LogP contribution in [0.15, 0.2) is 59.0 Å². The van der Waals surface area contributed by atoms with Crippen LogP contribution in [0.4, 0.5) is 0 Å². The summed E-state index contributed by atoms with van der Waals surface area (Å²) in [5.41, 5.74) is 3.53. The Balaban J connectivity index is 1.28. The Morgan fingerprint density at radius 1 is 1.07 bits per heavy atom. The second kappa shape index (κ2) is 8.16. The van der Waals surface area contributed by atoms with Crippen LogP contribution in [-0.2, 0) is 17.6 Å². The van der Waals surface area contributed by atoms with Crippen LogP contribution < -0.4 is 5.32 Å². The van der Waals surface area contributed by atoms with E-state index in [1.165, 1.54) is 11.1 Å². The minimum atomic E-state index is 0.0829. The molecule has 1 heterocycles. The molecule has 0 bridgehead atoms. The van der Waals surface area contributed by atoms with Crippen molar-refractivity contribution in [2.75, 3.05) is 0 Å². The second-order valence-electron chi connectivity index (χ2n) is 6.93. The SMILES string of the molecule is O=C(CCCc1nnc(-c2ccccc2)o1)N[C@H]1CCCc2ccccc21. The summed E-state index contributed by atoms with van der Waals surface area (Å²) in [6.45, 7) is 0. The Labute approximate surface area is 158 Å². The zero-order chi connectivity index (χ0) is 18.5. The maximum Gasteiger partial charge on any atom is 0.247 e. The van der Waals surface area contributed by atoms with Crippen LogP contribution in [0.5, 0.6) is 0 Å². The molecule has 1 aliphatic carbocycles. The molecule has 1 aromatic heterocycles. The molecule has 0 spiro atoms. The molecule has 1 N–H and O–H groups in total. The fraction of sp³-hybridized carbons (Fsp3) is 0.318. The van der Waals surface area contributed by atoms with Gasteiger partial charge in [0.15, 0.2) is 0 Å². The van der Waals surface area contributed by atoms with Gasteiger partial charge in [0.2, 0.25) is 17.7 Å². The molecule has 0 aliphatic heterocycles. The lowest BCUT2D eigenvalue weighted by atomic mass is 9.87. The highest BCUT2D eigenvalue weighted by atomic mass is 16.4. The van der Waals surface area contributed by atoms with E-state index in [1.54, 1.807) is 0 Å². The van der Waals surface area contributed by atoms with Crippen molar-refractivity contribution in [3.63, 3.8) is 0 Å². The predicted molar refractivity (Wildman–Crippen MR) is 103 cm³/mol. The molecule has 27 heavy (non-hydrogen) atoms. The van der Waals surface area contributed by atoms with Gasteiger partial charge in [-0.3, -0.25) is 4.79 Å². The first-order chi connectivity index (χ1) is 13.3. The summed E-state index contributed by atoms with van der Waals surface area (Å²) in [4.78, 5) is 12.4. The van der Waals surface area contributed by atoms with Gasteiger partial charge in [-0.2, -0.15) is 0 Å². The third kappa shape index (κ3) is 4.25. The molecule has 3 aromatic rings. The van der Waals surface area contributed by atoms with E-state index in [2.05, 4.69) is 33.7 Å². The molecule has 1 amide bonds. The van der Waals surface area contributed by atoms with E-state index in [0.29, 0.717) is 31.0 Å². The van der Waals surface area contributed by atoms with E-state index in [4.69, 9.17) is 4.42 Å². The Morgan fingerprint density at radius 3 is 2.78 bits per heavy atom. The number of carbonyl (C=O) groups excluding carboxylic acids is 1. The van der Waals surface area contributed by atoms with Crippen molar-refractivity contribution in [1.29, 1.82) is 0 Å². The minimum Gasteiger partial charge on any atom is -0.421 e. The highest BCUT2D eigenvalue weighted by Crippen LogP contribution is 2.29. The van der Waals surface area contributed by atoms with Crippen molar-refractivity contribution >= 4 is 5.91 Å². The van der Waals surface area contributed by atoms with Gasteiger partial charge in [-0.15, -0.1) is 10.2 Å². The van der Waals surface area contributed by atoms with E-state index < -0.39 is 0 Å².